The van der Waals surface area contributed by atoms with Gasteiger partial charge in [0.15, 0.2) is 9.84 Å². The fraction of sp³-hybridized carbons (Fsp3) is 0.459. The summed E-state index contributed by atoms with van der Waals surface area (Å²) in [6.07, 6.45) is 1.88. The van der Waals surface area contributed by atoms with E-state index in [2.05, 4.69) is 23.6 Å². The van der Waals surface area contributed by atoms with Crippen LogP contribution in [0.3, 0.4) is 0 Å². The van der Waals surface area contributed by atoms with Gasteiger partial charge in [-0.15, -0.1) is 0 Å². The number of carbonyl (C=O) groups is 2. The first-order chi connectivity index (χ1) is 22.9. The zero-order valence-corrected chi connectivity index (χ0v) is 28.9. The molecule has 0 radical (unpaired) electrons. The summed E-state index contributed by atoms with van der Waals surface area (Å²) in [5.74, 6) is -3.65. The van der Waals surface area contributed by atoms with Crippen molar-refractivity contribution in [2.75, 3.05) is 12.3 Å². The van der Waals surface area contributed by atoms with Crippen molar-refractivity contribution in [1.82, 2.24) is 10.6 Å². The van der Waals surface area contributed by atoms with Crippen molar-refractivity contribution in [3.63, 3.8) is 0 Å². The van der Waals surface area contributed by atoms with E-state index in [0.717, 1.165) is 35.7 Å². The van der Waals surface area contributed by atoms with Crippen LogP contribution in [0, 0.1) is 11.6 Å². The number of aryl methyl sites for hydroxylation is 1. The van der Waals surface area contributed by atoms with Crippen LogP contribution in [-0.4, -0.2) is 56.0 Å². The van der Waals surface area contributed by atoms with E-state index in [1.54, 1.807) is 24.3 Å². The van der Waals surface area contributed by atoms with E-state index in [1.165, 1.54) is 0 Å². The van der Waals surface area contributed by atoms with Crippen molar-refractivity contribution in [3.8, 4) is 0 Å². The number of ether oxygens (including phenoxy) is 1. The molecular formula is C37H49F2N3O5S. The van der Waals surface area contributed by atoms with Gasteiger partial charge in [0.25, 0.3) is 0 Å². The van der Waals surface area contributed by atoms with Gasteiger partial charge in [0, 0.05) is 25.2 Å². The number of nitrogens with one attached hydrogen (secondary N) is 2. The van der Waals surface area contributed by atoms with Gasteiger partial charge in [0.2, 0.25) is 5.91 Å². The van der Waals surface area contributed by atoms with Crippen LogP contribution in [-0.2, 0) is 50.0 Å². The van der Waals surface area contributed by atoms with Gasteiger partial charge in [-0.3, -0.25) is 4.79 Å². The van der Waals surface area contributed by atoms with Crippen LogP contribution in [0.15, 0.2) is 72.8 Å². The van der Waals surface area contributed by atoms with Crippen LogP contribution in [0.5, 0.6) is 0 Å². The number of benzene rings is 3. The van der Waals surface area contributed by atoms with Crippen molar-refractivity contribution in [2.24, 2.45) is 5.73 Å². The van der Waals surface area contributed by atoms with Crippen LogP contribution in [0.4, 0.5) is 8.78 Å². The summed E-state index contributed by atoms with van der Waals surface area (Å²) >= 11 is 0. The SMILES string of the molecule is CCCC(CCC)S(=O)(=O)CC(NC(=O)Cc1ccccc1)C(=O)O[C@H](CNCc1cccc(CC)c1)[C@@H](N)Cc1cc(F)cc(F)c1. The van der Waals surface area contributed by atoms with Crippen LogP contribution in [0.2, 0.25) is 0 Å². The van der Waals surface area contributed by atoms with Crippen molar-refractivity contribution >= 4 is 21.7 Å². The summed E-state index contributed by atoms with van der Waals surface area (Å²) in [5, 5.41) is 5.19. The Morgan fingerprint density at radius 3 is 2.08 bits per heavy atom. The second-order valence-corrected chi connectivity index (χ2v) is 14.6. The summed E-state index contributed by atoms with van der Waals surface area (Å²) < 4.78 is 61.1. The Balaban J connectivity index is 1.86. The first-order valence-corrected chi connectivity index (χ1v) is 18.4. The fourth-order valence-electron chi connectivity index (χ4n) is 5.67. The quantitative estimate of drug-likeness (QED) is 0.139. The molecule has 0 heterocycles. The molecule has 3 atom stereocenters. The van der Waals surface area contributed by atoms with E-state index in [0.29, 0.717) is 37.8 Å². The van der Waals surface area contributed by atoms with Gasteiger partial charge in [0.1, 0.15) is 23.8 Å². The fourth-order valence-corrected chi connectivity index (χ4v) is 7.82. The number of hydrogen-bond donors (Lipinski definition) is 3. The molecule has 0 aliphatic heterocycles. The van der Waals surface area contributed by atoms with Gasteiger partial charge in [-0.25, -0.2) is 22.0 Å². The largest absolute Gasteiger partial charge is 0.458 e. The third-order valence-electron chi connectivity index (χ3n) is 8.17. The number of rotatable bonds is 20. The molecule has 0 aliphatic rings. The minimum atomic E-state index is -3.83. The molecule has 8 nitrogen and oxygen atoms in total. The maximum atomic E-state index is 14.0. The van der Waals surface area contributed by atoms with Crippen LogP contribution in [0.25, 0.3) is 0 Å². The lowest BCUT2D eigenvalue weighted by Gasteiger charge is -2.28. The Morgan fingerprint density at radius 2 is 1.46 bits per heavy atom. The smallest absolute Gasteiger partial charge is 0.330 e. The highest BCUT2D eigenvalue weighted by Gasteiger charge is 2.35. The Kier molecular flexibility index (Phi) is 15.6. The summed E-state index contributed by atoms with van der Waals surface area (Å²) in [6, 6.07) is 17.5. The van der Waals surface area contributed by atoms with E-state index >= 15 is 0 Å². The minimum absolute atomic E-state index is 0.0297. The number of hydrogen-bond acceptors (Lipinski definition) is 7. The molecule has 3 aromatic rings. The monoisotopic (exact) mass is 685 g/mol. The number of amides is 1. The number of sulfone groups is 1. The highest BCUT2D eigenvalue weighted by molar-refractivity contribution is 7.92. The third-order valence-corrected chi connectivity index (χ3v) is 10.5. The maximum absolute atomic E-state index is 14.0. The maximum Gasteiger partial charge on any atom is 0.330 e. The van der Waals surface area contributed by atoms with Crippen LogP contribution < -0.4 is 16.4 Å². The molecule has 0 fully saturated rings. The van der Waals surface area contributed by atoms with E-state index < -0.39 is 62.5 Å². The summed E-state index contributed by atoms with van der Waals surface area (Å²) in [6.45, 7) is 6.33. The predicted molar refractivity (Wildman–Crippen MR) is 185 cm³/mol. The van der Waals surface area contributed by atoms with Crippen LogP contribution in [0.1, 0.15) is 68.7 Å². The number of carbonyl (C=O) groups excluding carboxylic acids is 2. The average Bonchev–Trinajstić information content (AvgIpc) is 3.03. The number of esters is 1. The standard InChI is InChI=1S/C37H49F2N3O5S/c1-4-11-32(12-5-2)48(45,46)25-34(42-36(43)21-27-13-8-7-9-14-27)37(44)47-35(24-41-23-28-16-10-15-26(6-3)17-28)33(40)20-29-18-30(38)22-31(39)19-29/h7-10,13-19,22,32-35,41H,4-6,11-12,20-21,23-25,40H2,1-3H3,(H,42,43)/t33-,34?,35+/m0/s1. The zero-order valence-electron chi connectivity index (χ0n) is 28.1. The second kappa shape index (κ2) is 19.4. The van der Waals surface area contributed by atoms with Gasteiger partial charge in [-0.05, 0) is 60.1 Å². The number of halogens is 2. The first-order valence-electron chi connectivity index (χ1n) is 16.7. The highest BCUT2D eigenvalue weighted by Crippen LogP contribution is 2.18. The number of nitrogens with two attached hydrogens (primary N) is 1. The molecule has 4 N–H and O–H groups in total. The first kappa shape index (κ1) is 38.8. The van der Waals surface area contributed by atoms with Gasteiger partial charge < -0.3 is 21.1 Å². The third kappa shape index (κ3) is 12.7. The Hall–Kier alpha value is -3.67. The summed E-state index contributed by atoms with van der Waals surface area (Å²) in [4.78, 5) is 27.0. The molecule has 11 heteroatoms. The molecular weight excluding hydrogens is 636 g/mol. The van der Waals surface area contributed by atoms with E-state index in [9.17, 15) is 26.8 Å². The van der Waals surface area contributed by atoms with Crippen LogP contribution >= 0.6 is 0 Å². The molecule has 0 spiro atoms. The summed E-state index contributed by atoms with van der Waals surface area (Å²) in [5.41, 5.74) is 9.63. The van der Waals surface area contributed by atoms with Gasteiger partial charge in [0.05, 0.1) is 17.4 Å². The Morgan fingerprint density at radius 1 is 0.833 bits per heavy atom. The zero-order chi connectivity index (χ0) is 35.1. The predicted octanol–water partition coefficient (Wildman–Crippen LogP) is 5.21. The molecule has 0 bridgehead atoms. The topological polar surface area (TPSA) is 128 Å². The van der Waals surface area contributed by atoms with E-state index in [4.69, 9.17) is 10.5 Å². The van der Waals surface area contributed by atoms with E-state index in [1.807, 2.05) is 38.1 Å². The lowest BCUT2D eigenvalue weighted by molar-refractivity contribution is -0.153. The molecule has 3 rings (SSSR count). The van der Waals surface area contributed by atoms with Crippen molar-refractivity contribution in [2.45, 2.75) is 95.7 Å². The molecule has 0 aromatic heterocycles. The molecule has 1 amide bonds. The molecule has 0 saturated heterocycles. The van der Waals surface area contributed by atoms with Gasteiger partial charge in [-0.1, -0.05) is 88.2 Å². The Bertz CT molecular complexity index is 1550. The van der Waals surface area contributed by atoms with Gasteiger partial charge in [-0.2, -0.15) is 0 Å². The van der Waals surface area contributed by atoms with Crippen molar-refractivity contribution in [3.05, 3.63) is 107 Å². The minimum Gasteiger partial charge on any atom is -0.458 e. The molecule has 3 aromatic carbocycles. The van der Waals surface area contributed by atoms with Crippen molar-refractivity contribution in [1.29, 1.82) is 0 Å². The summed E-state index contributed by atoms with van der Waals surface area (Å²) in [7, 11) is -3.83. The molecule has 0 saturated carbocycles. The van der Waals surface area contributed by atoms with Crippen molar-refractivity contribution < 1.29 is 31.5 Å². The lowest BCUT2D eigenvalue weighted by atomic mass is 10.0. The molecule has 0 aliphatic carbocycles. The molecule has 1 unspecified atom stereocenters. The second-order valence-electron chi connectivity index (χ2n) is 12.2. The molecule has 262 valence electrons. The Labute approximate surface area is 283 Å². The average molecular weight is 686 g/mol. The lowest BCUT2D eigenvalue weighted by Crippen LogP contribution is -2.52. The molecule has 48 heavy (non-hydrogen) atoms. The normalized spacial score (nSPS) is 13.6. The van der Waals surface area contributed by atoms with Gasteiger partial charge >= 0.3 is 5.97 Å². The van der Waals surface area contributed by atoms with E-state index in [-0.39, 0.29) is 24.9 Å². The highest BCUT2D eigenvalue weighted by atomic mass is 32.2.